The van der Waals surface area contributed by atoms with Gasteiger partial charge in [0, 0.05) is 18.3 Å². The SMILES string of the molecule is COC(=O)c1cccc(NC(=O)c2cc(NCc3ccc(F)cc3)nc(C)n2)c1. The van der Waals surface area contributed by atoms with Crippen LogP contribution in [0.1, 0.15) is 32.2 Å². The normalized spacial score (nSPS) is 10.3. The van der Waals surface area contributed by atoms with Crippen molar-refractivity contribution >= 4 is 23.4 Å². The third kappa shape index (κ3) is 5.35. The number of hydrogen-bond acceptors (Lipinski definition) is 6. The first kappa shape index (κ1) is 19.9. The van der Waals surface area contributed by atoms with E-state index in [2.05, 4.69) is 25.3 Å². The molecule has 0 spiro atoms. The first-order valence-electron chi connectivity index (χ1n) is 8.78. The number of methoxy groups -OCH3 is 1. The summed E-state index contributed by atoms with van der Waals surface area (Å²) in [4.78, 5) is 32.7. The summed E-state index contributed by atoms with van der Waals surface area (Å²) in [6, 6.07) is 14.0. The summed E-state index contributed by atoms with van der Waals surface area (Å²) in [6.07, 6.45) is 0. The smallest absolute Gasteiger partial charge is 0.337 e. The van der Waals surface area contributed by atoms with Gasteiger partial charge in [0.25, 0.3) is 5.91 Å². The number of anilines is 2. The van der Waals surface area contributed by atoms with Gasteiger partial charge in [0.1, 0.15) is 23.2 Å². The molecule has 0 unspecified atom stereocenters. The van der Waals surface area contributed by atoms with Crippen molar-refractivity contribution in [2.45, 2.75) is 13.5 Å². The topological polar surface area (TPSA) is 93.2 Å². The summed E-state index contributed by atoms with van der Waals surface area (Å²) < 4.78 is 17.7. The molecule has 3 aromatic rings. The van der Waals surface area contributed by atoms with Gasteiger partial charge in [-0.1, -0.05) is 18.2 Å². The fourth-order valence-corrected chi connectivity index (χ4v) is 2.61. The Morgan fingerprint density at radius 2 is 1.83 bits per heavy atom. The highest BCUT2D eigenvalue weighted by Crippen LogP contribution is 2.15. The lowest BCUT2D eigenvalue weighted by molar-refractivity contribution is 0.0600. The Morgan fingerprint density at radius 3 is 2.55 bits per heavy atom. The number of carbonyl (C=O) groups is 2. The maximum absolute atomic E-state index is 13.0. The van der Waals surface area contributed by atoms with Crippen LogP contribution in [0.4, 0.5) is 15.9 Å². The molecule has 0 bridgehead atoms. The number of nitrogens with zero attached hydrogens (tertiary/aromatic N) is 2. The number of halogens is 1. The maximum Gasteiger partial charge on any atom is 0.337 e. The van der Waals surface area contributed by atoms with Crippen molar-refractivity contribution in [3.05, 3.63) is 83.1 Å². The third-order valence-electron chi connectivity index (χ3n) is 4.00. The predicted molar refractivity (Wildman–Crippen MR) is 106 cm³/mol. The molecule has 0 fully saturated rings. The molecule has 148 valence electrons. The van der Waals surface area contributed by atoms with Crippen molar-refractivity contribution in [2.24, 2.45) is 0 Å². The van der Waals surface area contributed by atoms with E-state index in [0.717, 1.165) is 5.56 Å². The fourth-order valence-electron chi connectivity index (χ4n) is 2.61. The van der Waals surface area contributed by atoms with Gasteiger partial charge in [-0.3, -0.25) is 4.79 Å². The predicted octanol–water partition coefficient (Wildman–Crippen LogP) is 3.58. The Morgan fingerprint density at radius 1 is 1.07 bits per heavy atom. The van der Waals surface area contributed by atoms with Crippen LogP contribution in [-0.4, -0.2) is 29.0 Å². The molecule has 7 nitrogen and oxygen atoms in total. The van der Waals surface area contributed by atoms with E-state index in [0.29, 0.717) is 29.4 Å². The average Bonchev–Trinajstić information content (AvgIpc) is 2.72. The number of carbonyl (C=O) groups excluding carboxylic acids is 2. The van der Waals surface area contributed by atoms with E-state index in [9.17, 15) is 14.0 Å². The molecular formula is C21H19FN4O3. The van der Waals surface area contributed by atoms with E-state index < -0.39 is 11.9 Å². The first-order chi connectivity index (χ1) is 13.9. The molecule has 29 heavy (non-hydrogen) atoms. The van der Waals surface area contributed by atoms with Gasteiger partial charge in [-0.25, -0.2) is 19.2 Å². The number of ether oxygens (including phenoxy) is 1. The Balaban J connectivity index is 1.72. The minimum Gasteiger partial charge on any atom is -0.465 e. The van der Waals surface area contributed by atoms with Crippen LogP contribution in [0.3, 0.4) is 0 Å². The number of hydrogen-bond donors (Lipinski definition) is 2. The summed E-state index contributed by atoms with van der Waals surface area (Å²) in [5.74, 6) is -0.353. The van der Waals surface area contributed by atoms with Gasteiger partial charge in [0.05, 0.1) is 12.7 Å². The van der Waals surface area contributed by atoms with Crippen LogP contribution in [0.15, 0.2) is 54.6 Å². The number of aromatic nitrogens is 2. The van der Waals surface area contributed by atoms with Crippen molar-refractivity contribution in [3.8, 4) is 0 Å². The van der Waals surface area contributed by atoms with Crippen molar-refractivity contribution < 1.29 is 18.7 Å². The lowest BCUT2D eigenvalue weighted by atomic mass is 10.2. The molecule has 2 N–H and O–H groups in total. The highest BCUT2D eigenvalue weighted by molar-refractivity contribution is 6.04. The molecule has 8 heteroatoms. The molecule has 1 heterocycles. The van der Waals surface area contributed by atoms with Crippen LogP contribution in [0.5, 0.6) is 0 Å². The second kappa shape index (κ2) is 8.92. The van der Waals surface area contributed by atoms with Gasteiger partial charge in [0.15, 0.2) is 0 Å². The largest absolute Gasteiger partial charge is 0.465 e. The van der Waals surface area contributed by atoms with Crippen LogP contribution in [-0.2, 0) is 11.3 Å². The Bertz CT molecular complexity index is 1040. The molecule has 0 atom stereocenters. The van der Waals surface area contributed by atoms with Crippen LogP contribution >= 0.6 is 0 Å². The van der Waals surface area contributed by atoms with Crippen molar-refractivity contribution in [1.29, 1.82) is 0 Å². The molecule has 0 radical (unpaired) electrons. The molecule has 0 aliphatic rings. The summed E-state index contributed by atoms with van der Waals surface area (Å²) in [7, 11) is 1.29. The van der Waals surface area contributed by atoms with Crippen LogP contribution in [0, 0.1) is 12.7 Å². The molecule has 2 aromatic carbocycles. The maximum atomic E-state index is 13.0. The van der Waals surface area contributed by atoms with E-state index in [4.69, 9.17) is 0 Å². The molecular weight excluding hydrogens is 375 g/mol. The summed E-state index contributed by atoms with van der Waals surface area (Å²) >= 11 is 0. The number of nitrogens with one attached hydrogen (secondary N) is 2. The van der Waals surface area contributed by atoms with E-state index >= 15 is 0 Å². The lowest BCUT2D eigenvalue weighted by Crippen LogP contribution is -2.16. The Labute approximate surface area is 167 Å². The average molecular weight is 394 g/mol. The number of rotatable bonds is 6. The minimum atomic E-state index is -0.494. The minimum absolute atomic E-state index is 0.169. The number of esters is 1. The molecule has 3 rings (SSSR count). The van der Waals surface area contributed by atoms with Gasteiger partial charge in [-0.05, 0) is 42.8 Å². The first-order valence-corrected chi connectivity index (χ1v) is 8.78. The van der Waals surface area contributed by atoms with Crippen molar-refractivity contribution in [2.75, 3.05) is 17.7 Å². The standard InChI is InChI=1S/C21H19FN4O3/c1-13-24-18(11-19(25-13)23-12-14-6-8-16(22)9-7-14)20(27)26-17-5-3-4-15(10-17)21(28)29-2/h3-11H,12H2,1-2H3,(H,26,27)(H,23,24,25). The molecule has 0 aliphatic heterocycles. The third-order valence-corrected chi connectivity index (χ3v) is 4.00. The van der Waals surface area contributed by atoms with Crippen LogP contribution in [0.2, 0.25) is 0 Å². The highest BCUT2D eigenvalue weighted by atomic mass is 19.1. The fraction of sp³-hybridized carbons (Fsp3) is 0.143. The lowest BCUT2D eigenvalue weighted by Gasteiger charge is -2.10. The highest BCUT2D eigenvalue weighted by Gasteiger charge is 2.13. The number of benzene rings is 2. The van der Waals surface area contributed by atoms with Gasteiger partial charge >= 0.3 is 5.97 Å². The molecule has 0 saturated carbocycles. The van der Waals surface area contributed by atoms with Crippen LogP contribution < -0.4 is 10.6 Å². The summed E-state index contributed by atoms with van der Waals surface area (Å²) in [6.45, 7) is 2.09. The molecule has 0 saturated heterocycles. The van der Waals surface area contributed by atoms with Crippen LogP contribution in [0.25, 0.3) is 0 Å². The number of amides is 1. The second-order valence-electron chi connectivity index (χ2n) is 6.19. The Hall–Kier alpha value is -3.81. The van der Waals surface area contributed by atoms with E-state index in [1.165, 1.54) is 31.4 Å². The number of aryl methyl sites for hydroxylation is 1. The van der Waals surface area contributed by atoms with Gasteiger partial charge in [-0.2, -0.15) is 0 Å². The van der Waals surface area contributed by atoms with E-state index in [1.807, 2.05) is 0 Å². The molecule has 0 aliphatic carbocycles. The zero-order chi connectivity index (χ0) is 20.8. The zero-order valence-corrected chi connectivity index (χ0v) is 15.9. The molecule has 1 amide bonds. The summed E-state index contributed by atoms with van der Waals surface area (Å²) in [5, 5.41) is 5.80. The monoisotopic (exact) mass is 394 g/mol. The van der Waals surface area contributed by atoms with Gasteiger partial charge in [-0.15, -0.1) is 0 Å². The van der Waals surface area contributed by atoms with E-state index in [1.54, 1.807) is 37.3 Å². The quantitative estimate of drug-likeness (QED) is 0.621. The Kier molecular flexibility index (Phi) is 6.13. The summed E-state index contributed by atoms with van der Waals surface area (Å²) in [5.41, 5.74) is 1.80. The van der Waals surface area contributed by atoms with Gasteiger partial charge < -0.3 is 15.4 Å². The van der Waals surface area contributed by atoms with Gasteiger partial charge in [0.2, 0.25) is 0 Å². The zero-order valence-electron chi connectivity index (χ0n) is 15.9. The van der Waals surface area contributed by atoms with E-state index in [-0.39, 0.29) is 11.5 Å². The van der Waals surface area contributed by atoms with Crippen molar-refractivity contribution in [3.63, 3.8) is 0 Å². The second-order valence-corrected chi connectivity index (χ2v) is 6.19. The molecule has 1 aromatic heterocycles. The van der Waals surface area contributed by atoms with Crippen molar-refractivity contribution in [1.82, 2.24) is 9.97 Å².